The molecule has 3 atom stereocenters. The fraction of sp³-hybridized carbons (Fsp3) is 0.909. The minimum Gasteiger partial charge on any atom is -0.354 e. The van der Waals surface area contributed by atoms with Gasteiger partial charge in [-0.15, -0.1) is 0 Å². The van der Waals surface area contributed by atoms with Gasteiger partial charge in [-0.25, -0.2) is 4.99 Å². The van der Waals surface area contributed by atoms with Crippen molar-refractivity contribution in [2.24, 2.45) is 4.99 Å². The molecule has 0 spiro atoms. The van der Waals surface area contributed by atoms with Crippen LogP contribution in [0.4, 0.5) is 0 Å². The highest BCUT2D eigenvalue weighted by Gasteiger charge is 2.39. The Morgan fingerprint density at radius 3 is 3.07 bits per heavy atom. The van der Waals surface area contributed by atoms with Crippen molar-refractivity contribution < 1.29 is 0 Å². The molecule has 0 aromatic rings. The number of guanidine groups is 1. The Hall–Kier alpha value is -0.730. The van der Waals surface area contributed by atoms with Crippen molar-refractivity contribution in [3.63, 3.8) is 0 Å². The number of nitrogens with one attached hydrogen (secondary N) is 1. The van der Waals surface area contributed by atoms with Gasteiger partial charge in [0.05, 0.1) is 12.1 Å². The predicted octanol–water partition coefficient (Wildman–Crippen LogP) is 1.35. The molecule has 3 nitrogen and oxygen atoms in total. The van der Waals surface area contributed by atoms with Crippen molar-refractivity contribution in [2.45, 2.75) is 57.2 Å². The van der Waals surface area contributed by atoms with Crippen LogP contribution < -0.4 is 5.32 Å². The summed E-state index contributed by atoms with van der Waals surface area (Å²) in [7, 11) is 0. The maximum absolute atomic E-state index is 4.81. The molecule has 3 aliphatic rings. The van der Waals surface area contributed by atoms with Crippen molar-refractivity contribution in [3.8, 4) is 0 Å². The van der Waals surface area contributed by atoms with Crippen LogP contribution in [0, 0.1) is 0 Å². The van der Waals surface area contributed by atoms with Gasteiger partial charge in [-0.2, -0.15) is 0 Å². The van der Waals surface area contributed by atoms with Crippen molar-refractivity contribution >= 4 is 5.96 Å². The first-order valence-electron chi connectivity index (χ1n) is 5.95. The predicted molar refractivity (Wildman–Crippen MR) is 57.4 cm³/mol. The Kier molecular flexibility index (Phi) is 1.92. The van der Waals surface area contributed by atoms with Crippen LogP contribution in [0.5, 0.6) is 0 Å². The van der Waals surface area contributed by atoms with Crippen LogP contribution in [-0.4, -0.2) is 35.5 Å². The second kappa shape index (κ2) is 3.14. The van der Waals surface area contributed by atoms with E-state index in [9.17, 15) is 0 Å². The van der Waals surface area contributed by atoms with Gasteiger partial charge in [-0.1, -0.05) is 12.8 Å². The van der Waals surface area contributed by atoms with Gasteiger partial charge in [-0.05, 0) is 26.2 Å². The van der Waals surface area contributed by atoms with Crippen molar-refractivity contribution in [2.75, 3.05) is 6.54 Å². The Bertz CT molecular complexity index is 261. The topological polar surface area (TPSA) is 27.6 Å². The maximum Gasteiger partial charge on any atom is 0.194 e. The number of fused-ring (bicyclic) bond motifs is 3. The van der Waals surface area contributed by atoms with Gasteiger partial charge in [0.2, 0.25) is 0 Å². The number of rotatable bonds is 0. The van der Waals surface area contributed by atoms with Crippen LogP contribution in [0.3, 0.4) is 0 Å². The normalized spacial score (nSPS) is 41.1. The highest BCUT2D eigenvalue weighted by molar-refractivity contribution is 5.83. The zero-order valence-corrected chi connectivity index (χ0v) is 8.87. The summed E-state index contributed by atoms with van der Waals surface area (Å²) in [6, 6.07) is 1.96. The minimum absolute atomic E-state index is 0.608. The molecule has 1 aliphatic carbocycles. The third kappa shape index (κ3) is 1.22. The lowest BCUT2D eigenvalue weighted by atomic mass is 9.90. The minimum atomic E-state index is 0.608. The second-order valence-electron chi connectivity index (χ2n) is 4.90. The Morgan fingerprint density at radius 2 is 2.14 bits per heavy atom. The van der Waals surface area contributed by atoms with Crippen molar-refractivity contribution in [3.05, 3.63) is 0 Å². The lowest BCUT2D eigenvalue weighted by Gasteiger charge is -2.37. The molecule has 0 aromatic heterocycles. The first kappa shape index (κ1) is 8.57. The summed E-state index contributed by atoms with van der Waals surface area (Å²) >= 11 is 0. The van der Waals surface area contributed by atoms with Gasteiger partial charge >= 0.3 is 0 Å². The van der Waals surface area contributed by atoms with E-state index in [0.717, 1.165) is 6.04 Å². The van der Waals surface area contributed by atoms with Gasteiger partial charge < -0.3 is 10.2 Å². The first-order chi connectivity index (χ1) is 6.84. The summed E-state index contributed by atoms with van der Waals surface area (Å²) in [5.74, 6) is 1.20. The molecular formula is C11H19N3. The third-order valence-electron chi connectivity index (χ3n) is 3.83. The van der Waals surface area contributed by atoms with Gasteiger partial charge in [0.15, 0.2) is 5.96 Å². The van der Waals surface area contributed by atoms with Crippen LogP contribution in [0.1, 0.15) is 39.0 Å². The van der Waals surface area contributed by atoms with Gasteiger partial charge in [0.25, 0.3) is 0 Å². The largest absolute Gasteiger partial charge is 0.354 e. The first-order valence-corrected chi connectivity index (χ1v) is 5.95. The zero-order valence-electron chi connectivity index (χ0n) is 8.87. The third-order valence-corrected chi connectivity index (χ3v) is 3.83. The number of hydrogen-bond acceptors (Lipinski definition) is 3. The van der Waals surface area contributed by atoms with E-state index in [-0.39, 0.29) is 0 Å². The highest BCUT2D eigenvalue weighted by Crippen LogP contribution is 2.31. The average Bonchev–Trinajstić information content (AvgIpc) is 2.54. The monoisotopic (exact) mass is 193 g/mol. The molecule has 0 aromatic carbocycles. The van der Waals surface area contributed by atoms with E-state index < -0.39 is 0 Å². The quantitative estimate of drug-likeness (QED) is 0.629. The van der Waals surface area contributed by atoms with Crippen LogP contribution >= 0.6 is 0 Å². The average molecular weight is 193 g/mol. The number of aliphatic imine (C=N–C) groups is 1. The lowest BCUT2D eigenvalue weighted by Crippen LogP contribution is -2.53. The SMILES string of the molecule is CC1CCN2C(=NC3CCCCC32)N1. The van der Waals surface area contributed by atoms with E-state index in [0.29, 0.717) is 12.1 Å². The lowest BCUT2D eigenvalue weighted by molar-refractivity contribution is 0.221. The molecule has 3 rings (SSSR count). The van der Waals surface area contributed by atoms with Crippen LogP contribution in [0.25, 0.3) is 0 Å². The standard InChI is InChI=1S/C11H19N3/c1-8-6-7-14-10-5-3-2-4-9(10)13-11(14)12-8/h8-10H,2-7H2,1H3,(H,12,13). The molecule has 0 radical (unpaired) electrons. The van der Waals surface area contributed by atoms with E-state index in [1.54, 1.807) is 0 Å². The summed E-state index contributed by atoms with van der Waals surface area (Å²) in [6.07, 6.45) is 6.70. The van der Waals surface area contributed by atoms with Crippen LogP contribution in [-0.2, 0) is 0 Å². The fourth-order valence-electron chi connectivity index (χ4n) is 3.01. The van der Waals surface area contributed by atoms with Crippen molar-refractivity contribution in [1.82, 2.24) is 10.2 Å². The molecule has 2 fully saturated rings. The fourth-order valence-corrected chi connectivity index (χ4v) is 3.01. The van der Waals surface area contributed by atoms with Crippen LogP contribution in [0.15, 0.2) is 4.99 Å². The molecule has 1 saturated heterocycles. The Balaban J connectivity index is 1.81. The molecule has 1 N–H and O–H groups in total. The van der Waals surface area contributed by atoms with Gasteiger partial charge in [-0.3, -0.25) is 0 Å². The smallest absolute Gasteiger partial charge is 0.194 e. The highest BCUT2D eigenvalue weighted by atomic mass is 15.4. The molecule has 3 heteroatoms. The van der Waals surface area contributed by atoms with Gasteiger partial charge in [0.1, 0.15) is 0 Å². The summed E-state index contributed by atoms with van der Waals surface area (Å²) in [5.41, 5.74) is 0. The van der Waals surface area contributed by atoms with E-state index in [1.807, 2.05) is 0 Å². The Labute approximate surface area is 85.6 Å². The molecule has 14 heavy (non-hydrogen) atoms. The zero-order chi connectivity index (χ0) is 9.54. The van der Waals surface area contributed by atoms with Crippen LogP contribution in [0.2, 0.25) is 0 Å². The number of hydrogen-bond donors (Lipinski definition) is 1. The van der Waals surface area contributed by atoms with E-state index >= 15 is 0 Å². The molecule has 0 bridgehead atoms. The summed E-state index contributed by atoms with van der Waals surface area (Å²) in [4.78, 5) is 7.33. The molecule has 78 valence electrons. The number of nitrogens with zero attached hydrogens (tertiary/aromatic N) is 2. The summed E-state index contributed by atoms with van der Waals surface area (Å²) in [6.45, 7) is 3.47. The molecule has 1 saturated carbocycles. The molecule has 2 heterocycles. The van der Waals surface area contributed by atoms with E-state index in [2.05, 4.69) is 17.1 Å². The Morgan fingerprint density at radius 1 is 1.29 bits per heavy atom. The van der Waals surface area contributed by atoms with E-state index in [4.69, 9.17) is 4.99 Å². The molecule has 2 aliphatic heterocycles. The molecule has 0 amide bonds. The molecule has 3 unspecified atom stereocenters. The van der Waals surface area contributed by atoms with Gasteiger partial charge in [0, 0.05) is 12.6 Å². The maximum atomic E-state index is 4.81. The van der Waals surface area contributed by atoms with Crippen molar-refractivity contribution in [1.29, 1.82) is 0 Å². The van der Waals surface area contributed by atoms with E-state index in [1.165, 1.54) is 44.6 Å². The summed E-state index contributed by atoms with van der Waals surface area (Å²) < 4.78 is 0. The summed E-state index contributed by atoms with van der Waals surface area (Å²) in [5, 5.41) is 3.51. The second-order valence-corrected chi connectivity index (χ2v) is 4.90. The molecular weight excluding hydrogens is 174 g/mol.